The van der Waals surface area contributed by atoms with Crippen LogP contribution in [-0.2, 0) is 10.0 Å². The van der Waals surface area contributed by atoms with Crippen molar-refractivity contribution in [3.63, 3.8) is 0 Å². The number of rotatable bonds is 6. The highest BCUT2D eigenvalue weighted by atomic mass is 32.2. The average Bonchev–Trinajstić information content (AvgIpc) is 3.57. The van der Waals surface area contributed by atoms with Crippen LogP contribution in [0.25, 0.3) is 21.6 Å². The SMILES string of the molecule is Cc1nc(-c2nnc(C(F)F)s2)c2cc(S(=O)(=O)NC3(C#N)CC3)cc(N3CCN(C(=O)N4CCN(C)CC4)CC3)c2n1. The molecular formula is C26H30F2N10O3S2. The van der Waals surface area contributed by atoms with E-state index in [1.165, 1.54) is 12.1 Å². The number of fused-ring (bicyclic) bond motifs is 1. The van der Waals surface area contributed by atoms with Crippen molar-refractivity contribution in [1.82, 2.24) is 39.6 Å². The summed E-state index contributed by atoms with van der Waals surface area (Å²) in [6, 6.07) is 4.92. The number of aromatic nitrogens is 4. The number of nitrogens with zero attached hydrogens (tertiary/aromatic N) is 9. The van der Waals surface area contributed by atoms with Gasteiger partial charge in [0.2, 0.25) is 10.0 Å². The molecule has 2 saturated heterocycles. The van der Waals surface area contributed by atoms with Gasteiger partial charge in [0, 0.05) is 57.7 Å². The zero-order valence-electron chi connectivity index (χ0n) is 23.6. The van der Waals surface area contributed by atoms with E-state index < -0.39 is 27.0 Å². The van der Waals surface area contributed by atoms with Crippen molar-refractivity contribution >= 4 is 44.0 Å². The number of benzene rings is 1. The Morgan fingerprint density at radius 3 is 2.28 bits per heavy atom. The summed E-state index contributed by atoms with van der Waals surface area (Å²) < 4.78 is 56.4. The molecule has 2 amide bonds. The lowest BCUT2D eigenvalue weighted by atomic mass is 10.1. The molecule has 3 aliphatic rings. The van der Waals surface area contributed by atoms with Gasteiger partial charge in [-0.3, -0.25) is 0 Å². The number of alkyl halides is 2. The first-order valence-corrected chi connectivity index (χ1v) is 16.2. The van der Waals surface area contributed by atoms with E-state index >= 15 is 0 Å². The molecule has 43 heavy (non-hydrogen) atoms. The largest absolute Gasteiger partial charge is 0.366 e. The predicted molar refractivity (Wildman–Crippen MR) is 154 cm³/mol. The molecule has 1 aliphatic carbocycles. The summed E-state index contributed by atoms with van der Waals surface area (Å²) in [6.07, 6.45) is -2.01. The summed E-state index contributed by atoms with van der Waals surface area (Å²) in [4.78, 5) is 30.0. The van der Waals surface area contributed by atoms with Crippen LogP contribution in [0.1, 0.15) is 30.1 Å². The van der Waals surface area contributed by atoms with Gasteiger partial charge >= 0.3 is 6.03 Å². The molecule has 0 unspecified atom stereocenters. The minimum absolute atomic E-state index is 0.0177. The van der Waals surface area contributed by atoms with E-state index in [1.807, 2.05) is 22.9 Å². The van der Waals surface area contributed by atoms with Gasteiger partial charge in [-0.2, -0.15) is 9.98 Å². The Hall–Kier alpha value is -3.59. The van der Waals surface area contributed by atoms with Crippen molar-refractivity contribution in [3.05, 3.63) is 23.0 Å². The van der Waals surface area contributed by atoms with Gasteiger partial charge in [-0.05, 0) is 38.9 Å². The van der Waals surface area contributed by atoms with Crippen molar-refractivity contribution in [2.24, 2.45) is 0 Å². The lowest BCUT2D eigenvalue weighted by Gasteiger charge is -2.40. The van der Waals surface area contributed by atoms with Crippen LogP contribution < -0.4 is 9.62 Å². The van der Waals surface area contributed by atoms with Gasteiger partial charge < -0.3 is 19.6 Å². The molecule has 1 N–H and O–H groups in total. The number of nitriles is 1. The maximum atomic E-state index is 13.6. The van der Waals surface area contributed by atoms with Gasteiger partial charge in [-0.15, -0.1) is 10.2 Å². The van der Waals surface area contributed by atoms with Gasteiger partial charge in [-0.1, -0.05) is 11.3 Å². The van der Waals surface area contributed by atoms with Crippen LogP contribution in [0.2, 0.25) is 0 Å². The van der Waals surface area contributed by atoms with E-state index in [0.717, 1.165) is 13.1 Å². The van der Waals surface area contributed by atoms with Crippen LogP contribution in [0, 0.1) is 18.3 Å². The van der Waals surface area contributed by atoms with Gasteiger partial charge in [0.25, 0.3) is 6.43 Å². The van der Waals surface area contributed by atoms with Crippen LogP contribution >= 0.6 is 11.3 Å². The molecule has 6 rings (SSSR count). The van der Waals surface area contributed by atoms with Gasteiger partial charge in [-0.25, -0.2) is 32.0 Å². The molecular weight excluding hydrogens is 602 g/mol. The highest BCUT2D eigenvalue weighted by Crippen LogP contribution is 2.39. The molecule has 1 aromatic carbocycles. The molecule has 4 heterocycles. The molecule has 0 bridgehead atoms. The Morgan fingerprint density at radius 2 is 1.70 bits per heavy atom. The number of carbonyl (C=O) groups excluding carboxylic acids is 1. The van der Waals surface area contributed by atoms with Crippen molar-refractivity contribution in [2.45, 2.75) is 36.6 Å². The number of urea groups is 1. The highest BCUT2D eigenvalue weighted by Gasteiger charge is 2.47. The molecule has 13 nitrogen and oxygen atoms in total. The van der Waals surface area contributed by atoms with Crippen molar-refractivity contribution in [2.75, 3.05) is 64.3 Å². The smallest absolute Gasteiger partial charge is 0.320 e. The number of likely N-dealkylation sites (N-methyl/N-ethyl adjacent to an activating group) is 1. The van der Waals surface area contributed by atoms with Crippen molar-refractivity contribution in [3.8, 4) is 16.8 Å². The molecule has 1 saturated carbocycles. The molecule has 3 aromatic rings. The van der Waals surface area contributed by atoms with Gasteiger partial charge in [0.05, 0.1) is 22.2 Å². The quantitative estimate of drug-likeness (QED) is 0.428. The summed E-state index contributed by atoms with van der Waals surface area (Å²) in [6.45, 7) is 6.29. The van der Waals surface area contributed by atoms with Crippen molar-refractivity contribution in [1.29, 1.82) is 5.26 Å². The molecule has 228 valence electrons. The molecule has 2 aromatic heterocycles. The van der Waals surface area contributed by atoms with E-state index in [2.05, 4.69) is 29.8 Å². The lowest BCUT2D eigenvalue weighted by Crippen LogP contribution is -2.56. The number of sulfonamides is 1. The molecule has 0 radical (unpaired) electrons. The second kappa shape index (κ2) is 11.2. The maximum Gasteiger partial charge on any atom is 0.320 e. The summed E-state index contributed by atoms with van der Waals surface area (Å²) in [5.74, 6) is 0.344. The summed E-state index contributed by atoms with van der Waals surface area (Å²) in [5.41, 5.74) is -0.0379. The van der Waals surface area contributed by atoms with Gasteiger partial charge in [0.1, 0.15) is 17.1 Å². The van der Waals surface area contributed by atoms with Gasteiger partial charge in [0.15, 0.2) is 10.0 Å². The number of hydrogen-bond acceptors (Lipinski definition) is 11. The monoisotopic (exact) mass is 632 g/mol. The fourth-order valence-electron chi connectivity index (χ4n) is 5.29. The van der Waals surface area contributed by atoms with E-state index in [0.29, 0.717) is 85.9 Å². The number of aryl methyl sites for hydroxylation is 1. The summed E-state index contributed by atoms with van der Waals surface area (Å²) in [5, 5.41) is 17.0. The summed E-state index contributed by atoms with van der Waals surface area (Å²) in [7, 11) is -2.14. The Morgan fingerprint density at radius 1 is 1.05 bits per heavy atom. The number of amides is 2. The van der Waals surface area contributed by atoms with E-state index in [1.54, 1.807) is 11.8 Å². The fourth-order valence-corrected chi connectivity index (χ4v) is 7.42. The maximum absolute atomic E-state index is 13.6. The molecule has 0 atom stereocenters. The van der Waals surface area contributed by atoms with Crippen molar-refractivity contribution < 1.29 is 22.0 Å². The number of nitrogens with one attached hydrogen (secondary N) is 1. The first-order chi connectivity index (χ1) is 20.5. The minimum Gasteiger partial charge on any atom is -0.366 e. The first kappa shape index (κ1) is 29.5. The third-order valence-electron chi connectivity index (χ3n) is 7.96. The van der Waals surface area contributed by atoms with E-state index in [9.17, 15) is 27.3 Å². The number of hydrogen-bond donors (Lipinski definition) is 1. The molecule has 0 spiro atoms. The standard InChI is InChI=1S/C26H30F2N10O3S2/c1-16-30-20-18(21(31-16)23-32-33-24(42-23)22(27)28)13-17(43(40,41)34-26(15-29)3-4-26)14-19(20)36-9-11-38(12-10-36)25(39)37-7-5-35(2)6-8-37/h13-14,22,34H,3-12H2,1-2H3. The predicted octanol–water partition coefficient (Wildman–Crippen LogP) is 2.22. The Kier molecular flexibility index (Phi) is 7.65. The Labute approximate surface area is 251 Å². The average molecular weight is 633 g/mol. The lowest BCUT2D eigenvalue weighted by molar-refractivity contribution is 0.120. The molecule has 2 aliphatic heterocycles. The number of anilines is 1. The van der Waals surface area contributed by atoms with E-state index in [4.69, 9.17) is 0 Å². The zero-order valence-corrected chi connectivity index (χ0v) is 25.3. The summed E-state index contributed by atoms with van der Waals surface area (Å²) >= 11 is 0.677. The Bertz CT molecular complexity index is 1710. The van der Waals surface area contributed by atoms with Crippen LogP contribution in [0.15, 0.2) is 17.0 Å². The van der Waals surface area contributed by atoms with Crippen LogP contribution in [0.4, 0.5) is 19.3 Å². The number of carbonyl (C=O) groups is 1. The molecule has 17 heteroatoms. The first-order valence-electron chi connectivity index (χ1n) is 13.9. The highest BCUT2D eigenvalue weighted by molar-refractivity contribution is 7.89. The second-order valence-corrected chi connectivity index (χ2v) is 13.7. The fraction of sp³-hybridized carbons (Fsp3) is 0.538. The number of halogens is 2. The Balaban J connectivity index is 1.38. The number of piperazine rings is 2. The van der Waals surface area contributed by atoms with Crippen LogP contribution in [-0.4, -0.2) is 114 Å². The second-order valence-electron chi connectivity index (χ2n) is 11.1. The normalized spacial score (nSPS) is 19.2. The third-order valence-corrected chi connectivity index (χ3v) is 10.4. The third kappa shape index (κ3) is 5.84. The zero-order chi connectivity index (χ0) is 30.5. The van der Waals surface area contributed by atoms with E-state index in [-0.39, 0.29) is 21.6 Å². The van der Waals surface area contributed by atoms with Crippen LogP contribution in [0.5, 0.6) is 0 Å². The van der Waals surface area contributed by atoms with Crippen LogP contribution in [0.3, 0.4) is 0 Å². The molecule has 3 fully saturated rings. The minimum atomic E-state index is -4.16. The topological polar surface area (TPSA) is 152 Å².